The topological polar surface area (TPSA) is 71.5 Å². The third-order valence-corrected chi connectivity index (χ3v) is 3.83. The monoisotopic (exact) mass is 453 g/mol. The first-order chi connectivity index (χ1) is 11.8. The minimum absolute atomic E-state index is 0. The van der Waals surface area contributed by atoms with Crippen molar-refractivity contribution in [3.05, 3.63) is 54.2 Å². The van der Waals surface area contributed by atoms with E-state index in [1.165, 1.54) is 5.56 Å². The number of fused-ring (bicyclic) bond motifs is 1. The summed E-state index contributed by atoms with van der Waals surface area (Å²) >= 11 is 0. The SMILES string of the molecule is CN=C(NCCCc1nnc2ccccn12)NCc1ccn(C)c1.I. The largest absolute Gasteiger partial charge is 0.357 e. The van der Waals surface area contributed by atoms with Crippen LogP contribution in [0.4, 0.5) is 0 Å². The summed E-state index contributed by atoms with van der Waals surface area (Å²) in [6, 6.07) is 8.02. The molecule has 25 heavy (non-hydrogen) atoms. The van der Waals surface area contributed by atoms with Gasteiger partial charge >= 0.3 is 0 Å². The number of aryl methyl sites for hydroxylation is 2. The summed E-state index contributed by atoms with van der Waals surface area (Å²) in [6.45, 7) is 1.59. The molecule has 0 bridgehead atoms. The Kier molecular flexibility index (Phi) is 7.23. The molecule has 0 aliphatic heterocycles. The number of hydrogen-bond donors (Lipinski definition) is 2. The lowest BCUT2D eigenvalue weighted by molar-refractivity contribution is 0.714. The van der Waals surface area contributed by atoms with Crippen molar-refractivity contribution < 1.29 is 0 Å². The van der Waals surface area contributed by atoms with Gasteiger partial charge in [-0.2, -0.15) is 0 Å². The summed E-state index contributed by atoms with van der Waals surface area (Å²) in [5.41, 5.74) is 2.12. The van der Waals surface area contributed by atoms with Gasteiger partial charge in [0.1, 0.15) is 5.82 Å². The average Bonchev–Trinajstić information content (AvgIpc) is 3.20. The molecule has 3 aromatic rings. The van der Waals surface area contributed by atoms with E-state index in [0.29, 0.717) is 0 Å². The second kappa shape index (κ2) is 9.40. The van der Waals surface area contributed by atoms with Crippen molar-refractivity contribution in [3.8, 4) is 0 Å². The first kappa shape index (κ1) is 19.2. The van der Waals surface area contributed by atoms with Gasteiger partial charge in [-0.3, -0.25) is 9.39 Å². The molecule has 0 amide bonds. The maximum absolute atomic E-state index is 4.25. The van der Waals surface area contributed by atoms with Gasteiger partial charge in [0.2, 0.25) is 0 Å². The highest BCUT2D eigenvalue weighted by atomic mass is 127. The summed E-state index contributed by atoms with van der Waals surface area (Å²) in [5.74, 6) is 1.80. The molecule has 8 heteroatoms. The molecule has 0 aromatic carbocycles. The fourth-order valence-corrected chi connectivity index (χ4v) is 2.59. The second-order valence-corrected chi connectivity index (χ2v) is 5.69. The molecule has 134 valence electrons. The van der Waals surface area contributed by atoms with Gasteiger partial charge in [0.15, 0.2) is 11.6 Å². The zero-order chi connectivity index (χ0) is 16.8. The second-order valence-electron chi connectivity index (χ2n) is 5.69. The summed E-state index contributed by atoms with van der Waals surface area (Å²) in [7, 11) is 3.80. The quantitative estimate of drug-likeness (QED) is 0.259. The third-order valence-electron chi connectivity index (χ3n) is 3.83. The van der Waals surface area contributed by atoms with Crippen LogP contribution in [0.5, 0.6) is 0 Å². The number of nitrogens with zero attached hydrogens (tertiary/aromatic N) is 5. The number of hydrogen-bond acceptors (Lipinski definition) is 3. The summed E-state index contributed by atoms with van der Waals surface area (Å²) in [4.78, 5) is 4.25. The van der Waals surface area contributed by atoms with Gasteiger partial charge in [-0.05, 0) is 30.2 Å². The molecule has 0 aliphatic carbocycles. The number of halogens is 1. The Labute approximate surface area is 164 Å². The van der Waals surface area contributed by atoms with Gasteiger partial charge in [-0.1, -0.05) is 6.07 Å². The van der Waals surface area contributed by atoms with E-state index in [-0.39, 0.29) is 24.0 Å². The van der Waals surface area contributed by atoms with E-state index in [9.17, 15) is 0 Å². The van der Waals surface area contributed by atoms with Crippen LogP contribution in [0.1, 0.15) is 17.8 Å². The number of rotatable bonds is 6. The van der Waals surface area contributed by atoms with Gasteiger partial charge in [0, 0.05) is 52.2 Å². The molecule has 3 rings (SSSR count). The summed E-state index contributed by atoms with van der Waals surface area (Å²) < 4.78 is 4.07. The normalized spacial score (nSPS) is 11.4. The number of aliphatic imine (C=N–C) groups is 1. The highest BCUT2D eigenvalue weighted by Crippen LogP contribution is 2.04. The average molecular weight is 453 g/mol. The Morgan fingerprint density at radius 2 is 2.04 bits per heavy atom. The van der Waals surface area contributed by atoms with Gasteiger partial charge in [-0.25, -0.2) is 0 Å². The molecule has 3 aromatic heterocycles. The first-order valence-electron chi connectivity index (χ1n) is 8.10. The number of guanidine groups is 1. The van der Waals surface area contributed by atoms with Crippen molar-refractivity contribution >= 4 is 35.6 Å². The van der Waals surface area contributed by atoms with E-state index in [4.69, 9.17) is 0 Å². The van der Waals surface area contributed by atoms with Crippen LogP contribution >= 0.6 is 24.0 Å². The molecule has 0 aliphatic rings. The lowest BCUT2D eigenvalue weighted by Crippen LogP contribution is -2.37. The van der Waals surface area contributed by atoms with Crippen molar-refractivity contribution in [2.75, 3.05) is 13.6 Å². The molecule has 0 fully saturated rings. The van der Waals surface area contributed by atoms with Gasteiger partial charge in [-0.15, -0.1) is 34.2 Å². The Bertz CT molecular complexity index is 821. The fraction of sp³-hybridized carbons (Fsp3) is 0.353. The number of nitrogens with one attached hydrogen (secondary N) is 2. The molecule has 7 nitrogen and oxygen atoms in total. The van der Waals surface area contributed by atoms with Crippen LogP contribution in [0.15, 0.2) is 47.8 Å². The molecule has 3 heterocycles. The third kappa shape index (κ3) is 5.18. The van der Waals surface area contributed by atoms with Crippen molar-refractivity contribution in [3.63, 3.8) is 0 Å². The van der Waals surface area contributed by atoms with Crippen LogP contribution in [0.2, 0.25) is 0 Å². The lowest BCUT2D eigenvalue weighted by atomic mass is 10.3. The Hall–Kier alpha value is -2.10. The van der Waals surface area contributed by atoms with Crippen LogP contribution in [0.3, 0.4) is 0 Å². The molecule has 0 spiro atoms. The predicted octanol–water partition coefficient (Wildman–Crippen LogP) is 1.98. The zero-order valence-electron chi connectivity index (χ0n) is 14.5. The van der Waals surface area contributed by atoms with Crippen LogP contribution in [-0.4, -0.2) is 38.7 Å². The number of aromatic nitrogens is 4. The maximum Gasteiger partial charge on any atom is 0.191 e. The molecule has 0 unspecified atom stereocenters. The summed E-state index contributed by atoms with van der Waals surface area (Å²) in [5, 5.41) is 15.1. The molecule has 0 radical (unpaired) electrons. The molecular weight excluding hydrogens is 429 g/mol. The van der Waals surface area contributed by atoms with Gasteiger partial charge in [0.05, 0.1) is 0 Å². The molecule has 0 atom stereocenters. The van der Waals surface area contributed by atoms with Crippen molar-refractivity contribution in [2.45, 2.75) is 19.4 Å². The van der Waals surface area contributed by atoms with Crippen molar-refractivity contribution in [1.82, 2.24) is 29.8 Å². The highest BCUT2D eigenvalue weighted by Gasteiger charge is 2.04. The van der Waals surface area contributed by atoms with Crippen LogP contribution in [0.25, 0.3) is 5.65 Å². The standard InChI is InChI=1S/C17H23N7.HI/c1-18-17(20-12-14-8-11-23(2)13-14)19-9-5-7-16-22-21-15-6-3-4-10-24(15)16;/h3-4,6,8,10-11,13H,5,7,9,12H2,1-2H3,(H2,18,19,20);1H. The lowest BCUT2D eigenvalue weighted by Gasteiger charge is -2.11. The van der Waals surface area contributed by atoms with E-state index in [1.807, 2.05) is 46.6 Å². The van der Waals surface area contributed by atoms with Crippen LogP contribution in [-0.2, 0) is 20.0 Å². The zero-order valence-corrected chi connectivity index (χ0v) is 16.8. The number of pyridine rings is 1. The molecule has 0 saturated carbocycles. The smallest absolute Gasteiger partial charge is 0.191 e. The van der Waals surface area contributed by atoms with Gasteiger partial charge in [0.25, 0.3) is 0 Å². The Balaban J connectivity index is 0.00000225. The maximum atomic E-state index is 4.25. The highest BCUT2D eigenvalue weighted by molar-refractivity contribution is 14.0. The van der Waals surface area contributed by atoms with E-state index in [0.717, 1.165) is 43.4 Å². The summed E-state index contributed by atoms with van der Waals surface area (Å²) in [6.07, 6.45) is 7.96. The van der Waals surface area contributed by atoms with E-state index in [2.05, 4.69) is 38.1 Å². The molecular formula is C17H24IN7. The minimum atomic E-state index is 0. The fourth-order valence-electron chi connectivity index (χ4n) is 2.59. The molecule has 0 saturated heterocycles. The Morgan fingerprint density at radius 1 is 1.16 bits per heavy atom. The van der Waals surface area contributed by atoms with Crippen molar-refractivity contribution in [1.29, 1.82) is 0 Å². The van der Waals surface area contributed by atoms with Crippen molar-refractivity contribution in [2.24, 2.45) is 12.0 Å². The minimum Gasteiger partial charge on any atom is -0.357 e. The molecule has 2 N–H and O–H groups in total. The van der Waals surface area contributed by atoms with Crippen LogP contribution in [0, 0.1) is 0 Å². The Morgan fingerprint density at radius 3 is 2.80 bits per heavy atom. The van der Waals surface area contributed by atoms with E-state index < -0.39 is 0 Å². The van der Waals surface area contributed by atoms with Crippen LogP contribution < -0.4 is 10.6 Å². The van der Waals surface area contributed by atoms with E-state index in [1.54, 1.807) is 7.05 Å². The predicted molar refractivity (Wildman–Crippen MR) is 110 cm³/mol. The van der Waals surface area contributed by atoms with E-state index >= 15 is 0 Å². The first-order valence-corrected chi connectivity index (χ1v) is 8.10. The van der Waals surface area contributed by atoms with Gasteiger partial charge < -0.3 is 15.2 Å².